The van der Waals surface area contributed by atoms with E-state index in [1.54, 1.807) is 0 Å². The van der Waals surface area contributed by atoms with Crippen LogP contribution in [0.1, 0.15) is 32.1 Å². The van der Waals surface area contributed by atoms with Crippen LogP contribution < -0.4 is 10.2 Å². The van der Waals surface area contributed by atoms with Crippen LogP contribution in [0.15, 0.2) is 0 Å². The summed E-state index contributed by atoms with van der Waals surface area (Å²) in [5.74, 6) is 0.0154. The van der Waals surface area contributed by atoms with E-state index in [1.807, 2.05) is 0 Å². The maximum absolute atomic E-state index is 11.2. The lowest BCUT2D eigenvalue weighted by Gasteiger charge is -2.39. The Morgan fingerprint density at radius 3 is 2.40 bits per heavy atom. The molecule has 1 saturated carbocycles. The van der Waals surface area contributed by atoms with Gasteiger partial charge in [0.05, 0.1) is 20.6 Å². The zero-order valence-corrected chi connectivity index (χ0v) is 10.5. The zero-order chi connectivity index (χ0) is 11.3. The molecular formula is C11H22ClN2O+. The molecule has 1 rings (SSSR count). The summed E-state index contributed by atoms with van der Waals surface area (Å²) in [4.78, 5) is 12.6. The van der Waals surface area contributed by atoms with Crippen molar-refractivity contribution in [1.29, 1.82) is 0 Å². The van der Waals surface area contributed by atoms with Gasteiger partial charge in [0.2, 0.25) is 5.91 Å². The van der Waals surface area contributed by atoms with Crippen LogP contribution in [0.2, 0.25) is 0 Å². The fourth-order valence-electron chi connectivity index (χ4n) is 2.40. The molecule has 3 nitrogen and oxygen atoms in total. The lowest BCUT2D eigenvalue weighted by molar-refractivity contribution is -0.916. The van der Waals surface area contributed by atoms with E-state index in [0.717, 1.165) is 6.54 Å². The minimum absolute atomic E-state index is 0.0529. The first kappa shape index (κ1) is 12.8. The van der Waals surface area contributed by atoms with E-state index >= 15 is 0 Å². The smallest absolute Gasteiger partial charge is 0.235 e. The summed E-state index contributed by atoms with van der Waals surface area (Å²) < 4.78 is 0. The predicted octanol–water partition coefficient (Wildman–Crippen LogP) is 0.189. The standard InChI is InChI=1S/C11H21ClN2O/c1-14(2)11(6-4-3-5-7-11)9-13-10(15)8-12/h3-9H2,1-2H3,(H,13,15)/p+1. The SMILES string of the molecule is C[NH+](C)C1(CNC(=O)CCl)CCCCC1. The maximum Gasteiger partial charge on any atom is 0.235 e. The van der Waals surface area contributed by atoms with Gasteiger partial charge in [0.1, 0.15) is 11.4 Å². The number of alkyl halides is 1. The number of nitrogens with one attached hydrogen (secondary N) is 2. The number of hydrogen-bond donors (Lipinski definition) is 2. The Balaban J connectivity index is 2.53. The number of halogens is 1. The Morgan fingerprint density at radius 2 is 1.93 bits per heavy atom. The molecule has 0 radical (unpaired) electrons. The van der Waals surface area contributed by atoms with Gasteiger partial charge in [-0.2, -0.15) is 0 Å². The van der Waals surface area contributed by atoms with Crippen molar-refractivity contribution in [3.63, 3.8) is 0 Å². The largest absolute Gasteiger partial charge is 0.349 e. The minimum atomic E-state index is -0.0529. The highest BCUT2D eigenvalue weighted by molar-refractivity contribution is 6.27. The number of carbonyl (C=O) groups is 1. The Hall–Kier alpha value is -0.280. The molecule has 0 unspecified atom stereocenters. The van der Waals surface area contributed by atoms with Crippen molar-refractivity contribution in [2.45, 2.75) is 37.6 Å². The van der Waals surface area contributed by atoms with Crippen LogP contribution in [0, 0.1) is 0 Å². The number of carbonyl (C=O) groups excluding carboxylic acids is 1. The average Bonchev–Trinajstić information content (AvgIpc) is 2.27. The number of likely N-dealkylation sites (N-methyl/N-ethyl adjacent to an activating group) is 1. The molecule has 1 aliphatic carbocycles. The first-order valence-corrected chi connectivity index (χ1v) is 6.27. The van der Waals surface area contributed by atoms with Crippen LogP contribution in [0.5, 0.6) is 0 Å². The normalized spacial score (nSPS) is 20.3. The number of amides is 1. The summed E-state index contributed by atoms with van der Waals surface area (Å²) in [5, 5.41) is 2.93. The van der Waals surface area contributed by atoms with E-state index in [0.29, 0.717) is 0 Å². The third-order valence-corrected chi connectivity index (χ3v) is 3.86. The quantitative estimate of drug-likeness (QED) is 0.668. The number of hydrogen-bond acceptors (Lipinski definition) is 1. The molecule has 0 heterocycles. The van der Waals surface area contributed by atoms with Gasteiger partial charge in [0.25, 0.3) is 0 Å². The number of rotatable bonds is 4. The van der Waals surface area contributed by atoms with Gasteiger partial charge < -0.3 is 10.2 Å². The van der Waals surface area contributed by atoms with Crippen molar-refractivity contribution in [3.05, 3.63) is 0 Å². The van der Waals surface area contributed by atoms with Crippen molar-refractivity contribution < 1.29 is 9.69 Å². The highest BCUT2D eigenvalue weighted by Crippen LogP contribution is 2.24. The molecule has 0 aromatic heterocycles. The third-order valence-electron chi connectivity index (χ3n) is 3.62. The molecule has 0 aromatic rings. The van der Waals surface area contributed by atoms with Gasteiger partial charge in [0.15, 0.2) is 0 Å². The Morgan fingerprint density at radius 1 is 1.33 bits per heavy atom. The summed E-state index contributed by atoms with van der Waals surface area (Å²) in [6.45, 7) is 0.765. The molecule has 0 spiro atoms. The summed E-state index contributed by atoms with van der Waals surface area (Å²) in [7, 11) is 4.36. The second-order valence-corrected chi connectivity index (χ2v) is 5.02. The second-order valence-electron chi connectivity index (χ2n) is 4.75. The van der Waals surface area contributed by atoms with E-state index < -0.39 is 0 Å². The molecular weight excluding hydrogens is 212 g/mol. The molecule has 4 heteroatoms. The fourth-order valence-corrected chi connectivity index (χ4v) is 2.49. The highest BCUT2D eigenvalue weighted by atomic mass is 35.5. The van der Waals surface area contributed by atoms with E-state index in [2.05, 4.69) is 19.4 Å². The van der Waals surface area contributed by atoms with Crippen molar-refractivity contribution in [3.8, 4) is 0 Å². The molecule has 88 valence electrons. The van der Waals surface area contributed by atoms with Crippen LogP contribution in [-0.2, 0) is 4.79 Å². The van der Waals surface area contributed by atoms with Crippen LogP contribution in [0.25, 0.3) is 0 Å². The molecule has 0 bridgehead atoms. The van der Waals surface area contributed by atoms with Crippen molar-refractivity contribution in [2.24, 2.45) is 0 Å². The monoisotopic (exact) mass is 233 g/mol. The summed E-state index contributed by atoms with van der Waals surface area (Å²) in [5.41, 5.74) is 0.236. The summed E-state index contributed by atoms with van der Waals surface area (Å²) in [6, 6.07) is 0. The summed E-state index contributed by atoms with van der Waals surface area (Å²) in [6.07, 6.45) is 6.30. The molecule has 1 aliphatic rings. The molecule has 0 aromatic carbocycles. The van der Waals surface area contributed by atoms with Gasteiger partial charge in [-0.1, -0.05) is 6.42 Å². The van der Waals surface area contributed by atoms with E-state index in [-0.39, 0.29) is 17.3 Å². The molecule has 0 atom stereocenters. The molecule has 0 saturated heterocycles. The topological polar surface area (TPSA) is 33.5 Å². The van der Waals surface area contributed by atoms with Gasteiger partial charge in [-0.15, -0.1) is 11.6 Å². The molecule has 2 N–H and O–H groups in total. The third kappa shape index (κ3) is 3.35. The van der Waals surface area contributed by atoms with Crippen LogP contribution in [0.4, 0.5) is 0 Å². The average molecular weight is 234 g/mol. The van der Waals surface area contributed by atoms with Crippen LogP contribution in [-0.4, -0.2) is 38.0 Å². The van der Waals surface area contributed by atoms with Gasteiger partial charge in [-0.05, 0) is 12.8 Å². The van der Waals surface area contributed by atoms with Gasteiger partial charge in [0, 0.05) is 12.8 Å². The molecule has 1 amide bonds. The molecule has 0 aliphatic heterocycles. The Bertz CT molecular complexity index is 213. The van der Waals surface area contributed by atoms with E-state index in [1.165, 1.54) is 37.0 Å². The Kier molecular flexibility index (Phi) is 4.87. The van der Waals surface area contributed by atoms with Crippen LogP contribution >= 0.6 is 11.6 Å². The van der Waals surface area contributed by atoms with Crippen molar-refractivity contribution in [2.75, 3.05) is 26.5 Å². The van der Waals surface area contributed by atoms with Gasteiger partial charge >= 0.3 is 0 Å². The zero-order valence-electron chi connectivity index (χ0n) is 9.74. The second kappa shape index (κ2) is 5.71. The van der Waals surface area contributed by atoms with Crippen molar-refractivity contribution >= 4 is 17.5 Å². The lowest BCUT2D eigenvalue weighted by atomic mass is 9.80. The van der Waals surface area contributed by atoms with Crippen LogP contribution in [0.3, 0.4) is 0 Å². The molecule has 15 heavy (non-hydrogen) atoms. The minimum Gasteiger partial charge on any atom is -0.349 e. The van der Waals surface area contributed by atoms with E-state index in [4.69, 9.17) is 11.6 Å². The van der Waals surface area contributed by atoms with Crippen molar-refractivity contribution in [1.82, 2.24) is 5.32 Å². The predicted molar refractivity (Wildman–Crippen MR) is 62.4 cm³/mol. The Labute approximate surface area is 97.2 Å². The molecule has 1 fully saturated rings. The first-order chi connectivity index (χ1) is 7.10. The maximum atomic E-state index is 11.2. The fraction of sp³-hybridized carbons (Fsp3) is 0.909. The van der Waals surface area contributed by atoms with Gasteiger partial charge in [-0.3, -0.25) is 4.79 Å². The van der Waals surface area contributed by atoms with Gasteiger partial charge in [-0.25, -0.2) is 0 Å². The lowest BCUT2D eigenvalue weighted by Crippen LogP contribution is -3.16. The first-order valence-electron chi connectivity index (χ1n) is 5.74. The highest BCUT2D eigenvalue weighted by Gasteiger charge is 2.38. The number of quaternary nitrogens is 1. The summed E-state index contributed by atoms with van der Waals surface area (Å²) >= 11 is 5.48. The van der Waals surface area contributed by atoms with E-state index in [9.17, 15) is 4.79 Å².